The quantitative estimate of drug-likeness (QED) is 0.404. The Morgan fingerprint density at radius 1 is 0.946 bits per heavy atom. The molecule has 190 valence electrons. The number of esters is 1. The Balaban J connectivity index is 1.22. The van der Waals surface area contributed by atoms with Crippen LogP contribution < -0.4 is 5.32 Å². The maximum atomic E-state index is 12.9. The fourth-order valence-electron chi connectivity index (χ4n) is 4.58. The van der Waals surface area contributed by atoms with Gasteiger partial charge in [-0.25, -0.2) is 19.6 Å². The number of para-hydroxylation sites is 1. The largest absolute Gasteiger partial charge is 0.465 e. The van der Waals surface area contributed by atoms with Crippen LogP contribution in [-0.4, -0.2) is 76.2 Å². The molecule has 37 heavy (non-hydrogen) atoms. The number of benzene rings is 2. The van der Waals surface area contributed by atoms with E-state index in [4.69, 9.17) is 9.72 Å². The number of hydrogen-bond donors (Lipinski definition) is 1. The Hall–Kier alpha value is -4.24. The van der Waals surface area contributed by atoms with E-state index in [9.17, 15) is 9.59 Å². The number of carbonyl (C=O) groups excluding carboxylic acids is 2. The van der Waals surface area contributed by atoms with Gasteiger partial charge in [0.1, 0.15) is 11.3 Å². The number of carbonyl (C=O) groups is 2. The third-order valence-electron chi connectivity index (χ3n) is 6.69. The van der Waals surface area contributed by atoms with Crippen LogP contribution in [0.5, 0.6) is 0 Å². The summed E-state index contributed by atoms with van der Waals surface area (Å²) in [6.45, 7) is 6.35. The van der Waals surface area contributed by atoms with Gasteiger partial charge in [0.05, 0.1) is 18.4 Å². The number of urea groups is 1. The minimum absolute atomic E-state index is 0.220. The molecule has 2 aromatic carbocycles. The first-order valence-corrected chi connectivity index (χ1v) is 12.4. The average Bonchev–Trinajstić information content (AvgIpc) is 3.31. The zero-order chi connectivity index (χ0) is 25.8. The predicted molar refractivity (Wildman–Crippen MR) is 143 cm³/mol. The molecule has 0 unspecified atom stereocenters. The van der Waals surface area contributed by atoms with Crippen LogP contribution in [0.1, 0.15) is 15.9 Å². The van der Waals surface area contributed by atoms with Crippen molar-refractivity contribution in [2.45, 2.75) is 13.5 Å². The van der Waals surface area contributed by atoms with Crippen molar-refractivity contribution in [3.05, 3.63) is 78.0 Å². The Bertz CT molecular complexity index is 1410. The third kappa shape index (κ3) is 5.31. The van der Waals surface area contributed by atoms with Crippen LogP contribution in [0.25, 0.3) is 22.6 Å². The Labute approximate surface area is 215 Å². The second kappa shape index (κ2) is 10.8. The second-order valence-electron chi connectivity index (χ2n) is 9.10. The van der Waals surface area contributed by atoms with E-state index in [2.05, 4.69) is 51.0 Å². The van der Waals surface area contributed by atoms with Gasteiger partial charge in [0, 0.05) is 51.0 Å². The molecule has 4 aromatic rings. The number of piperazine rings is 1. The predicted octanol–water partition coefficient (Wildman–Crippen LogP) is 4.04. The average molecular weight is 499 g/mol. The number of ether oxygens (including phenoxy) is 1. The summed E-state index contributed by atoms with van der Waals surface area (Å²) in [6, 6.07) is 18.9. The molecule has 1 fully saturated rings. The molecule has 0 atom stereocenters. The smallest absolute Gasteiger partial charge is 0.339 e. The van der Waals surface area contributed by atoms with Crippen molar-refractivity contribution in [2.24, 2.45) is 0 Å². The van der Waals surface area contributed by atoms with Crippen molar-refractivity contribution in [1.29, 1.82) is 0 Å². The molecule has 0 radical (unpaired) electrons. The normalized spacial score (nSPS) is 14.1. The van der Waals surface area contributed by atoms with Gasteiger partial charge >= 0.3 is 12.0 Å². The Kier molecular flexibility index (Phi) is 7.14. The van der Waals surface area contributed by atoms with Crippen molar-refractivity contribution in [3.8, 4) is 11.4 Å². The molecule has 1 aliphatic rings. The molecule has 9 nitrogen and oxygen atoms in total. The van der Waals surface area contributed by atoms with E-state index < -0.39 is 5.97 Å². The van der Waals surface area contributed by atoms with E-state index >= 15 is 0 Å². The fourth-order valence-corrected chi connectivity index (χ4v) is 4.58. The number of aryl methyl sites for hydroxylation is 1. The molecule has 0 bridgehead atoms. The second-order valence-corrected chi connectivity index (χ2v) is 9.10. The highest BCUT2D eigenvalue weighted by atomic mass is 16.5. The molecule has 5 rings (SSSR count). The molecule has 1 aliphatic heterocycles. The van der Waals surface area contributed by atoms with Crippen LogP contribution in [0.3, 0.4) is 0 Å². The highest BCUT2D eigenvalue weighted by molar-refractivity contribution is 6.00. The molecule has 0 saturated carbocycles. The van der Waals surface area contributed by atoms with Gasteiger partial charge in [0.2, 0.25) is 0 Å². The highest BCUT2D eigenvalue weighted by Crippen LogP contribution is 2.24. The lowest BCUT2D eigenvalue weighted by Crippen LogP contribution is -2.50. The monoisotopic (exact) mass is 498 g/mol. The number of amides is 2. The van der Waals surface area contributed by atoms with Gasteiger partial charge in [-0.2, -0.15) is 0 Å². The van der Waals surface area contributed by atoms with Crippen molar-refractivity contribution in [2.75, 3.05) is 45.2 Å². The van der Waals surface area contributed by atoms with E-state index in [0.717, 1.165) is 48.7 Å². The lowest BCUT2D eigenvalue weighted by atomic mass is 10.1. The van der Waals surface area contributed by atoms with Gasteiger partial charge in [-0.1, -0.05) is 42.0 Å². The number of hydrogen-bond acceptors (Lipinski definition) is 6. The van der Waals surface area contributed by atoms with E-state index in [-0.39, 0.29) is 6.03 Å². The Morgan fingerprint density at radius 3 is 2.46 bits per heavy atom. The van der Waals surface area contributed by atoms with Gasteiger partial charge in [-0.3, -0.25) is 4.90 Å². The van der Waals surface area contributed by atoms with Crippen LogP contribution in [0.4, 0.5) is 10.5 Å². The minimum atomic E-state index is -0.479. The standard InChI is InChI=1S/C28H30N6O3/c1-20-9-11-21(12-10-20)25-30-24-8-5-13-29-26(24)34(25)19-16-32-14-17-33(18-15-32)28(36)31-23-7-4-3-6-22(23)27(35)37-2/h3-13H,14-19H2,1-2H3,(H,31,36). The minimum Gasteiger partial charge on any atom is -0.465 e. The van der Waals surface area contributed by atoms with Crippen LogP contribution in [0.15, 0.2) is 66.9 Å². The number of methoxy groups -OCH3 is 1. The summed E-state index contributed by atoms with van der Waals surface area (Å²) < 4.78 is 7.01. The maximum Gasteiger partial charge on any atom is 0.339 e. The summed E-state index contributed by atoms with van der Waals surface area (Å²) in [5.41, 5.74) is 4.82. The first-order chi connectivity index (χ1) is 18.0. The molecule has 3 heterocycles. The molecular weight excluding hydrogens is 468 g/mol. The number of imidazole rings is 1. The number of nitrogens with one attached hydrogen (secondary N) is 1. The fraction of sp³-hybridized carbons (Fsp3) is 0.286. The zero-order valence-electron chi connectivity index (χ0n) is 21.1. The first-order valence-electron chi connectivity index (χ1n) is 12.4. The van der Waals surface area contributed by atoms with Crippen LogP contribution >= 0.6 is 0 Å². The van der Waals surface area contributed by atoms with Crippen LogP contribution in [-0.2, 0) is 11.3 Å². The van der Waals surface area contributed by atoms with Crippen LogP contribution in [0, 0.1) is 6.92 Å². The molecule has 9 heteroatoms. The van der Waals surface area contributed by atoms with Crippen molar-refractivity contribution >= 4 is 28.9 Å². The zero-order valence-corrected chi connectivity index (χ0v) is 21.1. The third-order valence-corrected chi connectivity index (χ3v) is 6.69. The summed E-state index contributed by atoms with van der Waals surface area (Å²) in [5, 5.41) is 2.86. The number of aromatic nitrogens is 3. The molecular formula is C28H30N6O3. The summed E-state index contributed by atoms with van der Waals surface area (Å²) in [6.07, 6.45) is 1.80. The lowest BCUT2D eigenvalue weighted by Gasteiger charge is -2.34. The van der Waals surface area contributed by atoms with Gasteiger partial charge in [-0.15, -0.1) is 0 Å². The molecule has 2 amide bonds. The van der Waals surface area contributed by atoms with E-state index in [0.29, 0.717) is 24.3 Å². The van der Waals surface area contributed by atoms with Gasteiger partial charge in [0.25, 0.3) is 0 Å². The van der Waals surface area contributed by atoms with Gasteiger partial charge in [-0.05, 0) is 31.2 Å². The van der Waals surface area contributed by atoms with E-state index in [1.54, 1.807) is 35.4 Å². The van der Waals surface area contributed by atoms with Gasteiger partial charge < -0.3 is 19.5 Å². The maximum absolute atomic E-state index is 12.9. The molecule has 0 aliphatic carbocycles. The highest BCUT2D eigenvalue weighted by Gasteiger charge is 2.23. The van der Waals surface area contributed by atoms with Crippen molar-refractivity contribution in [3.63, 3.8) is 0 Å². The van der Waals surface area contributed by atoms with E-state index in [1.807, 2.05) is 12.1 Å². The number of fused-ring (bicyclic) bond motifs is 1. The molecule has 1 saturated heterocycles. The number of nitrogens with zero attached hydrogens (tertiary/aromatic N) is 5. The number of pyridine rings is 1. The van der Waals surface area contributed by atoms with Crippen molar-refractivity contribution in [1.82, 2.24) is 24.3 Å². The summed E-state index contributed by atoms with van der Waals surface area (Å²) >= 11 is 0. The number of anilines is 1. The van der Waals surface area contributed by atoms with Crippen LogP contribution in [0.2, 0.25) is 0 Å². The van der Waals surface area contributed by atoms with Gasteiger partial charge in [0.15, 0.2) is 5.65 Å². The molecule has 2 aromatic heterocycles. The summed E-state index contributed by atoms with van der Waals surface area (Å²) in [5.74, 6) is 0.434. The SMILES string of the molecule is COC(=O)c1ccccc1NC(=O)N1CCN(CCn2c(-c3ccc(C)cc3)nc3cccnc32)CC1. The summed E-state index contributed by atoms with van der Waals surface area (Å²) in [7, 11) is 1.33. The topological polar surface area (TPSA) is 92.6 Å². The molecule has 1 N–H and O–H groups in total. The number of rotatable bonds is 6. The first kappa shape index (κ1) is 24.5. The lowest BCUT2D eigenvalue weighted by molar-refractivity contribution is 0.0602. The van der Waals surface area contributed by atoms with Crippen molar-refractivity contribution < 1.29 is 14.3 Å². The molecule has 0 spiro atoms. The summed E-state index contributed by atoms with van der Waals surface area (Å²) in [4.78, 5) is 38.5. The Morgan fingerprint density at radius 2 is 1.70 bits per heavy atom. The van der Waals surface area contributed by atoms with E-state index in [1.165, 1.54) is 12.7 Å².